The maximum absolute atomic E-state index is 12.2. The molecule has 0 saturated carbocycles. The molecule has 1 saturated heterocycles. The number of benzene rings is 1. The van der Waals surface area contributed by atoms with E-state index in [0.29, 0.717) is 6.42 Å². The number of piperidine rings is 1. The molecule has 19 heavy (non-hydrogen) atoms. The lowest BCUT2D eigenvalue weighted by Crippen LogP contribution is -2.40. The third-order valence-corrected chi connectivity index (χ3v) is 3.86. The van der Waals surface area contributed by atoms with Gasteiger partial charge in [0.1, 0.15) is 5.78 Å². The summed E-state index contributed by atoms with van der Waals surface area (Å²) in [5.41, 5.74) is 2.25. The van der Waals surface area contributed by atoms with Gasteiger partial charge >= 0.3 is 0 Å². The summed E-state index contributed by atoms with van der Waals surface area (Å²) in [7, 11) is 0. The van der Waals surface area contributed by atoms with Gasteiger partial charge in [0, 0.05) is 19.0 Å². The number of Topliss-reactive ketones (excluding diaryl/α,β-unsaturated/α-hetero) is 1. The van der Waals surface area contributed by atoms with Crippen molar-refractivity contribution in [2.24, 2.45) is 5.92 Å². The first kappa shape index (κ1) is 13.8. The Labute approximate surface area is 114 Å². The number of nitrogens with zero attached hydrogens (tertiary/aromatic N) is 1. The van der Waals surface area contributed by atoms with Gasteiger partial charge in [0.2, 0.25) is 5.91 Å². The zero-order chi connectivity index (χ0) is 13.8. The van der Waals surface area contributed by atoms with E-state index in [2.05, 4.69) is 6.07 Å². The molecule has 0 atom stereocenters. The molecule has 0 bridgehead atoms. The lowest BCUT2D eigenvalue weighted by atomic mass is 9.93. The smallest absolute Gasteiger partial charge is 0.226 e. The Morgan fingerprint density at radius 3 is 2.53 bits per heavy atom. The number of aryl methyl sites for hydroxylation is 1. The highest BCUT2D eigenvalue weighted by Gasteiger charge is 2.24. The highest BCUT2D eigenvalue weighted by atomic mass is 16.2. The largest absolute Gasteiger partial charge is 0.342 e. The Balaban J connectivity index is 1.90. The van der Waals surface area contributed by atoms with E-state index in [1.807, 2.05) is 30.0 Å². The van der Waals surface area contributed by atoms with E-state index in [-0.39, 0.29) is 17.6 Å². The summed E-state index contributed by atoms with van der Waals surface area (Å²) in [4.78, 5) is 25.4. The minimum Gasteiger partial charge on any atom is -0.342 e. The SMILES string of the molecule is CC(=O)C1CCN(C(=O)Cc2cccc(C)c2)CC1. The summed E-state index contributed by atoms with van der Waals surface area (Å²) in [6.45, 7) is 5.12. The number of likely N-dealkylation sites (tertiary alicyclic amines) is 1. The molecule has 1 aromatic carbocycles. The number of hydrogen-bond acceptors (Lipinski definition) is 2. The van der Waals surface area contributed by atoms with Gasteiger partial charge in [-0.3, -0.25) is 9.59 Å². The standard InChI is InChI=1S/C16H21NO2/c1-12-4-3-5-14(10-12)11-16(19)17-8-6-15(7-9-17)13(2)18/h3-5,10,15H,6-9,11H2,1-2H3. The van der Waals surface area contributed by atoms with Crippen molar-refractivity contribution in [3.8, 4) is 0 Å². The number of hydrogen-bond donors (Lipinski definition) is 0. The van der Waals surface area contributed by atoms with Crippen LogP contribution in [-0.4, -0.2) is 29.7 Å². The Morgan fingerprint density at radius 1 is 1.26 bits per heavy atom. The van der Waals surface area contributed by atoms with E-state index >= 15 is 0 Å². The first-order valence-corrected chi connectivity index (χ1v) is 6.90. The second kappa shape index (κ2) is 6.00. The van der Waals surface area contributed by atoms with Crippen molar-refractivity contribution in [1.29, 1.82) is 0 Å². The van der Waals surface area contributed by atoms with Crippen LogP contribution in [0.15, 0.2) is 24.3 Å². The predicted octanol–water partition coefficient (Wildman–Crippen LogP) is 2.37. The molecule has 3 nitrogen and oxygen atoms in total. The molecule has 1 aliphatic heterocycles. The first-order valence-electron chi connectivity index (χ1n) is 6.90. The second-order valence-electron chi connectivity index (χ2n) is 5.43. The fourth-order valence-electron chi connectivity index (χ4n) is 2.64. The molecule has 3 heteroatoms. The van der Waals surface area contributed by atoms with E-state index in [1.165, 1.54) is 5.56 Å². The van der Waals surface area contributed by atoms with Crippen molar-refractivity contribution in [2.75, 3.05) is 13.1 Å². The van der Waals surface area contributed by atoms with E-state index in [1.54, 1.807) is 6.92 Å². The summed E-state index contributed by atoms with van der Waals surface area (Å²) in [5, 5.41) is 0. The molecule has 0 unspecified atom stereocenters. The quantitative estimate of drug-likeness (QED) is 0.835. The lowest BCUT2D eigenvalue weighted by molar-refractivity contribution is -0.134. The molecule has 1 heterocycles. The van der Waals surface area contributed by atoms with Crippen LogP contribution in [0.5, 0.6) is 0 Å². The maximum atomic E-state index is 12.2. The summed E-state index contributed by atoms with van der Waals surface area (Å²) in [6.07, 6.45) is 2.09. The van der Waals surface area contributed by atoms with E-state index in [0.717, 1.165) is 31.5 Å². The number of carbonyl (C=O) groups is 2. The van der Waals surface area contributed by atoms with Crippen LogP contribution in [0, 0.1) is 12.8 Å². The van der Waals surface area contributed by atoms with Gasteiger partial charge in [-0.15, -0.1) is 0 Å². The fourth-order valence-corrected chi connectivity index (χ4v) is 2.64. The van der Waals surface area contributed by atoms with Crippen LogP contribution < -0.4 is 0 Å². The van der Waals surface area contributed by atoms with E-state index in [4.69, 9.17) is 0 Å². The lowest BCUT2D eigenvalue weighted by Gasteiger charge is -2.31. The molecule has 102 valence electrons. The topological polar surface area (TPSA) is 37.4 Å². The minimum atomic E-state index is 0.156. The zero-order valence-corrected chi connectivity index (χ0v) is 11.7. The van der Waals surface area contributed by atoms with Crippen molar-refractivity contribution < 1.29 is 9.59 Å². The molecule has 1 aliphatic rings. The number of carbonyl (C=O) groups excluding carboxylic acids is 2. The molecule has 0 N–H and O–H groups in total. The summed E-state index contributed by atoms with van der Waals surface area (Å²) in [6, 6.07) is 8.07. The van der Waals surface area contributed by atoms with E-state index in [9.17, 15) is 9.59 Å². The maximum Gasteiger partial charge on any atom is 0.226 e. The second-order valence-corrected chi connectivity index (χ2v) is 5.43. The van der Waals surface area contributed by atoms with Crippen LogP contribution in [0.1, 0.15) is 30.9 Å². The Morgan fingerprint density at radius 2 is 1.95 bits per heavy atom. The Hall–Kier alpha value is -1.64. The minimum absolute atomic E-state index is 0.156. The van der Waals surface area contributed by atoms with Crippen molar-refractivity contribution in [1.82, 2.24) is 4.90 Å². The number of amides is 1. The third-order valence-electron chi connectivity index (χ3n) is 3.86. The zero-order valence-electron chi connectivity index (χ0n) is 11.7. The molecule has 0 spiro atoms. The summed E-state index contributed by atoms with van der Waals surface area (Å²) in [5.74, 6) is 0.585. The van der Waals surface area contributed by atoms with Crippen LogP contribution >= 0.6 is 0 Å². The van der Waals surface area contributed by atoms with Gasteiger partial charge in [-0.2, -0.15) is 0 Å². The molecule has 0 radical (unpaired) electrons. The van der Waals surface area contributed by atoms with Crippen LogP contribution in [0.4, 0.5) is 0 Å². The van der Waals surface area contributed by atoms with Crippen LogP contribution in [0.25, 0.3) is 0 Å². The molecule has 1 amide bonds. The number of ketones is 1. The van der Waals surface area contributed by atoms with Crippen LogP contribution in [0.2, 0.25) is 0 Å². The fraction of sp³-hybridized carbons (Fsp3) is 0.500. The first-order chi connectivity index (χ1) is 9.06. The monoisotopic (exact) mass is 259 g/mol. The normalized spacial score (nSPS) is 16.4. The number of rotatable bonds is 3. The molecule has 0 aliphatic carbocycles. The van der Waals surface area contributed by atoms with Gasteiger partial charge in [0.15, 0.2) is 0 Å². The van der Waals surface area contributed by atoms with Gasteiger partial charge in [-0.25, -0.2) is 0 Å². The Bertz CT molecular complexity index is 473. The van der Waals surface area contributed by atoms with Gasteiger partial charge in [-0.05, 0) is 32.3 Å². The molecular weight excluding hydrogens is 238 g/mol. The molecular formula is C16H21NO2. The highest BCUT2D eigenvalue weighted by Crippen LogP contribution is 2.19. The van der Waals surface area contributed by atoms with Crippen LogP contribution in [0.3, 0.4) is 0 Å². The van der Waals surface area contributed by atoms with Crippen LogP contribution in [-0.2, 0) is 16.0 Å². The van der Waals surface area contributed by atoms with E-state index < -0.39 is 0 Å². The van der Waals surface area contributed by atoms with Gasteiger partial charge in [0.05, 0.1) is 6.42 Å². The van der Waals surface area contributed by atoms with Gasteiger partial charge in [-0.1, -0.05) is 29.8 Å². The highest BCUT2D eigenvalue weighted by molar-refractivity contribution is 5.80. The average Bonchev–Trinajstić information content (AvgIpc) is 2.39. The molecule has 0 aromatic heterocycles. The van der Waals surface area contributed by atoms with Gasteiger partial charge < -0.3 is 4.90 Å². The van der Waals surface area contributed by atoms with Crippen molar-refractivity contribution >= 4 is 11.7 Å². The summed E-state index contributed by atoms with van der Waals surface area (Å²) >= 11 is 0. The Kier molecular flexibility index (Phi) is 4.35. The molecule has 1 aromatic rings. The summed E-state index contributed by atoms with van der Waals surface area (Å²) < 4.78 is 0. The van der Waals surface area contributed by atoms with Crippen molar-refractivity contribution in [2.45, 2.75) is 33.1 Å². The molecule has 1 fully saturated rings. The third kappa shape index (κ3) is 3.66. The predicted molar refractivity (Wildman–Crippen MR) is 74.9 cm³/mol. The van der Waals surface area contributed by atoms with Crippen molar-refractivity contribution in [3.63, 3.8) is 0 Å². The van der Waals surface area contributed by atoms with Gasteiger partial charge in [0.25, 0.3) is 0 Å². The average molecular weight is 259 g/mol. The molecule has 2 rings (SSSR count). The van der Waals surface area contributed by atoms with Crippen molar-refractivity contribution in [3.05, 3.63) is 35.4 Å².